The van der Waals surface area contributed by atoms with E-state index in [1.54, 1.807) is 30.3 Å². The van der Waals surface area contributed by atoms with Gasteiger partial charge in [-0.2, -0.15) is 0 Å². The molecule has 1 N–H and O–H groups in total. The highest BCUT2D eigenvalue weighted by Crippen LogP contribution is 2.35. The lowest BCUT2D eigenvalue weighted by atomic mass is 10.1. The normalized spacial score (nSPS) is 16.6. The average molecular weight is 339 g/mol. The molecule has 2 aromatic rings. The topological polar surface area (TPSA) is 38.7 Å². The fraction of sp³-hybridized carbons (Fsp3) is 0.200. The predicted octanol–water partition coefficient (Wildman–Crippen LogP) is 3.59. The number of halogens is 2. The number of hydrogen-bond acceptors (Lipinski definition) is 3. The molecule has 1 heterocycles. The van der Waals surface area contributed by atoms with E-state index in [4.69, 9.17) is 9.47 Å². The fourth-order valence-electron chi connectivity index (χ4n) is 2.06. The van der Waals surface area contributed by atoms with Crippen molar-refractivity contribution in [3.05, 3.63) is 57.8 Å². The van der Waals surface area contributed by atoms with Gasteiger partial charge in [0.15, 0.2) is 0 Å². The maximum absolute atomic E-state index is 13.7. The number of aliphatic hydroxyl groups is 1. The molecule has 0 bridgehead atoms. The molecule has 0 fully saturated rings. The van der Waals surface area contributed by atoms with Gasteiger partial charge in [0, 0.05) is 21.7 Å². The van der Waals surface area contributed by atoms with Crippen LogP contribution < -0.4 is 9.47 Å². The van der Waals surface area contributed by atoms with Crippen molar-refractivity contribution in [1.29, 1.82) is 0 Å². The molecular weight excluding hydrogens is 327 g/mol. The average Bonchev–Trinajstić information content (AvgIpc) is 2.79. The Kier molecular flexibility index (Phi) is 3.63. The van der Waals surface area contributed by atoms with Crippen molar-refractivity contribution in [2.24, 2.45) is 0 Å². The Balaban J connectivity index is 1.73. The van der Waals surface area contributed by atoms with Crippen LogP contribution in [0.4, 0.5) is 4.39 Å². The zero-order valence-corrected chi connectivity index (χ0v) is 12.1. The Morgan fingerprint density at radius 3 is 2.95 bits per heavy atom. The molecule has 0 saturated heterocycles. The summed E-state index contributed by atoms with van der Waals surface area (Å²) in [5.74, 6) is 0.888. The largest absolute Gasteiger partial charge is 0.490 e. The molecular formula is C15H12BrFO3. The van der Waals surface area contributed by atoms with E-state index < -0.39 is 6.10 Å². The molecule has 0 radical (unpaired) electrons. The zero-order valence-electron chi connectivity index (χ0n) is 10.5. The van der Waals surface area contributed by atoms with E-state index in [0.717, 1.165) is 5.56 Å². The zero-order chi connectivity index (χ0) is 14.1. The van der Waals surface area contributed by atoms with Gasteiger partial charge in [-0.05, 0) is 24.3 Å². The third-order valence-corrected chi connectivity index (χ3v) is 3.64. The molecule has 3 rings (SSSR count). The van der Waals surface area contributed by atoms with Crippen LogP contribution in [0.25, 0.3) is 0 Å². The molecule has 2 aromatic carbocycles. The summed E-state index contributed by atoms with van der Waals surface area (Å²) in [6.07, 6.45) is -0.581. The van der Waals surface area contributed by atoms with E-state index in [0.29, 0.717) is 21.5 Å². The van der Waals surface area contributed by atoms with Gasteiger partial charge in [0.05, 0.1) is 0 Å². The second-order valence-electron chi connectivity index (χ2n) is 4.55. The van der Waals surface area contributed by atoms with Crippen molar-refractivity contribution in [3.63, 3.8) is 0 Å². The molecule has 0 amide bonds. The Morgan fingerprint density at radius 1 is 1.30 bits per heavy atom. The molecule has 0 spiro atoms. The van der Waals surface area contributed by atoms with Crippen LogP contribution in [0.15, 0.2) is 40.9 Å². The van der Waals surface area contributed by atoms with Gasteiger partial charge in [0.25, 0.3) is 0 Å². The summed E-state index contributed by atoms with van der Waals surface area (Å²) in [6, 6.07) is 10.1. The third kappa shape index (κ3) is 2.64. The number of rotatable bonds is 3. The van der Waals surface area contributed by atoms with Gasteiger partial charge in [0.2, 0.25) is 0 Å². The van der Waals surface area contributed by atoms with Gasteiger partial charge >= 0.3 is 0 Å². The van der Waals surface area contributed by atoms with Crippen LogP contribution in [0.5, 0.6) is 11.5 Å². The summed E-state index contributed by atoms with van der Waals surface area (Å²) in [5, 5.41) is 9.62. The van der Waals surface area contributed by atoms with Crippen molar-refractivity contribution >= 4 is 15.9 Å². The summed E-state index contributed by atoms with van der Waals surface area (Å²) in [7, 11) is 0. The van der Waals surface area contributed by atoms with Crippen LogP contribution in [0.2, 0.25) is 0 Å². The standard InChI is InChI=1S/C15H12BrFO3/c16-10-2-1-9(13(17)5-10)7-19-11-3-4-12-14(18)8-20-15(12)6-11/h1-6,14,18H,7-8H2. The maximum atomic E-state index is 13.7. The highest BCUT2D eigenvalue weighted by Gasteiger charge is 2.22. The number of benzene rings is 2. The van der Waals surface area contributed by atoms with E-state index >= 15 is 0 Å². The molecule has 0 aromatic heterocycles. The number of fused-ring (bicyclic) bond motifs is 1. The van der Waals surface area contributed by atoms with Gasteiger partial charge in [-0.3, -0.25) is 0 Å². The SMILES string of the molecule is OC1COc2cc(OCc3ccc(Br)cc3F)ccc21. The van der Waals surface area contributed by atoms with Gasteiger partial charge in [0.1, 0.15) is 36.6 Å². The van der Waals surface area contributed by atoms with Crippen molar-refractivity contribution in [2.75, 3.05) is 6.61 Å². The molecule has 0 saturated carbocycles. The van der Waals surface area contributed by atoms with Gasteiger partial charge < -0.3 is 14.6 Å². The Hall–Kier alpha value is -1.59. The lowest BCUT2D eigenvalue weighted by Gasteiger charge is -2.09. The molecule has 20 heavy (non-hydrogen) atoms. The van der Waals surface area contributed by atoms with Gasteiger partial charge in [-0.25, -0.2) is 4.39 Å². The van der Waals surface area contributed by atoms with E-state index in [2.05, 4.69) is 15.9 Å². The Bertz CT molecular complexity index is 645. The quantitative estimate of drug-likeness (QED) is 0.929. The second kappa shape index (κ2) is 5.42. The summed E-state index contributed by atoms with van der Waals surface area (Å²) >= 11 is 3.21. The van der Waals surface area contributed by atoms with Crippen molar-refractivity contribution < 1.29 is 19.0 Å². The number of aliphatic hydroxyl groups excluding tert-OH is 1. The van der Waals surface area contributed by atoms with Crippen LogP contribution in [0.1, 0.15) is 17.2 Å². The van der Waals surface area contributed by atoms with Crippen LogP contribution >= 0.6 is 15.9 Å². The fourth-order valence-corrected chi connectivity index (χ4v) is 2.40. The van der Waals surface area contributed by atoms with Crippen molar-refractivity contribution in [3.8, 4) is 11.5 Å². The minimum Gasteiger partial charge on any atom is -0.490 e. The van der Waals surface area contributed by atoms with E-state index in [-0.39, 0.29) is 19.0 Å². The lowest BCUT2D eigenvalue weighted by molar-refractivity contribution is 0.140. The van der Waals surface area contributed by atoms with E-state index in [1.807, 2.05) is 0 Å². The minimum absolute atomic E-state index is 0.139. The van der Waals surface area contributed by atoms with Gasteiger partial charge in [-0.15, -0.1) is 0 Å². The smallest absolute Gasteiger partial charge is 0.130 e. The maximum Gasteiger partial charge on any atom is 0.130 e. The van der Waals surface area contributed by atoms with E-state index in [1.165, 1.54) is 6.07 Å². The van der Waals surface area contributed by atoms with E-state index in [9.17, 15) is 9.50 Å². The van der Waals surface area contributed by atoms with Gasteiger partial charge in [-0.1, -0.05) is 22.0 Å². The highest BCUT2D eigenvalue weighted by molar-refractivity contribution is 9.10. The first-order valence-electron chi connectivity index (χ1n) is 6.15. The first-order chi connectivity index (χ1) is 9.63. The Morgan fingerprint density at radius 2 is 2.15 bits per heavy atom. The second-order valence-corrected chi connectivity index (χ2v) is 5.47. The summed E-state index contributed by atoms with van der Waals surface area (Å²) < 4.78 is 25.2. The van der Waals surface area contributed by atoms with Crippen LogP contribution in [-0.2, 0) is 6.61 Å². The molecule has 1 unspecified atom stereocenters. The molecule has 3 nitrogen and oxygen atoms in total. The number of ether oxygens (including phenoxy) is 2. The molecule has 0 aliphatic carbocycles. The predicted molar refractivity (Wildman–Crippen MR) is 75.3 cm³/mol. The third-order valence-electron chi connectivity index (χ3n) is 3.15. The summed E-state index contributed by atoms with van der Waals surface area (Å²) in [6.45, 7) is 0.403. The van der Waals surface area contributed by atoms with Crippen LogP contribution in [0, 0.1) is 5.82 Å². The van der Waals surface area contributed by atoms with Crippen LogP contribution in [-0.4, -0.2) is 11.7 Å². The highest BCUT2D eigenvalue weighted by atomic mass is 79.9. The lowest BCUT2D eigenvalue weighted by Crippen LogP contribution is -1.98. The van der Waals surface area contributed by atoms with Crippen molar-refractivity contribution in [1.82, 2.24) is 0 Å². The molecule has 5 heteroatoms. The first-order valence-corrected chi connectivity index (χ1v) is 6.94. The summed E-state index contributed by atoms with van der Waals surface area (Å²) in [4.78, 5) is 0. The van der Waals surface area contributed by atoms with Crippen LogP contribution in [0.3, 0.4) is 0 Å². The molecule has 1 atom stereocenters. The Labute approximate surface area is 124 Å². The number of hydrogen-bond donors (Lipinski definition) is 1. The molecule has 1 aliphatic rings. The molecule has 1 aliphatic heterocycles. The van der Waals surface area contributed by atoms with Crippen molar-refractivity contribution in [2.45, 2.75) is 12.7 Å². The monoisotopic (exact) mass is 338 g/mol. The molecule has 104 valence electrons. The summed E-state index contributed by atoms with van der Waals surface area (Å²) in [5.41, 5.74) is 1.24. The first kappa shape index (κ1) is 13.4. The minimum atomic E-state index is -0.581.